The molecule has 0 aliphatic heterocycles. The summed E-state index contributed by atoms with van der Waals surface area (Å²) < 4.78 is 11.7. The van der Waals surface area contributed by atoms with Gasteiger partial charge >= 0.3 is 0 Å². The van der Waals surface area contributed by atoms with Gasteiger partial charge in [-0.3, -0.25) is 0 Å². The fraction of sp³-hybridized carbons (Fsp3) is 0.455. The Balaban J connectivity index is 1.30. The molecule has 0 unspecified atom stereocenters. The summed E-state index contributed by atoms with van der Waals surface area (Å²) in [5.41, 5.74) is 2.45. The van der Waals surface area contributed by atoms with Crippen LogP contribution in [0.15, 0.2) is 54.6 Å². The van der Waals surface area contributed by atoms with Crippen LogP contribution in [0.3, 0.4) is 0 Å². The normalized spacial score (nSPS) is 15.2. The predicted molar refractivity (Wildman–Crippen MR) is 102 cm³/mol. The highest BCUT2D eigenvalue weighted by molar-refractivity contribution is 5.27. The molecule has 0 bridgehead atoms. The van der Waals surface area contributed by atoms with Crippen LogP contribution in [0.1, 0.15) is 43.2 Å². The van der Waals surface area contributed by atoms with E-state index in [1.165, 1.54) is 43.2 Å². The Morgan fingerprint density at radius 2 is 1.60 bits per heavy atom. The van der Waals surface area contributed by atoms with Crippen molar-refractivity contribution in [3.05, 3.63) is 65.7 Å². The number of rotatable bonds is 9. The van der Waals surface area contributed by atoms with Gasteiger partial charge in [-0.2, -0.15) is 0 Å². The van der Waals surface area contributed by atoms with E-state index in [1.54, 1.807) is 0 Å². The average molecular weight is 339 g/mol. The van der Waals surface area contributed by atoms with Crippen LogP contribution >= 0.6 is 0 Å². The van der Waals surface area contributed by atoms with Crippen molar-refractivity contribution in [2.45, 2.75) is 51.4 Å². The molecule has 3 heteroatoms. The lowest BCUT2D eigenvalue weighted by molar-refractivity contribution is 0.0302. The maximum Gasteiger partial charge on any atom is 0.119 e. The third kappa shape index (κ3) is 6.52. The van der Waals surface area contributed by atoms with E-state index in [0.29, 0.717) is 12.7 Å². The molecule has 1 saturated carbocycles. The van der Waals surface area contributed by atoms with Crippen LogP contribution in [0.5, 0.6) is 5.75 Å². The molecular weight excluding hydrogens is 310 g/mol. The molecule has 0 heterocycles. The van der Waals surface area contributed by atoms with Gasteiger partial charge < -0.3 is 14.8 Å². The van der Waals surface area contributed by atoms with E-state index in [-0.39, 0.29) is 0 Å². The third-order valence-corrected chi connectivity index (χ3v) is 4.69. The summed E-state index contributed by atoms with van der Waals surface area (Å²) >= 11 is 0. The van der Waals surface area contributed by atoms with Crippen LogP contribution in [-0.4, -0.2) is 19.3 Å². The molecule has 2 aromatic carbocycles. The second kappa shape index (κ2) is 10.2. The monoisotopic (exact) mass is 339 g/mol. The summed E-state index contributed by atoms with van der Waals surface area (Å²) in [5.74, 6) is 0.910. The van der Waals surface area contributed by atoms with Gasteiger partial charge in [0.05, 0.1) is 12.7 Å². The molecule has 134 valence electrons. The van der Waals surface area contributed by atoms with E-state index >= 15 is 0 Å². The Morgan fingerprint density at radius 3 is 2.36 bits per heavy atom. The summed E-state index contributed by atoms with van der Waals surface area (Å²) in [6, 6.07) is 18.6. The molecule has 1 aliphatic carbocycles. The number of nitrogens with one attached hydrogen (secondary N) is 1. The number of ether oxygens (including phenoxy) is 2. The minimum atomic E-state index is 0.497. The third-order valence-electron chi connectivity index (χ3n) is 4.69. The molecule has 2 aromatic rings. The predicted octanol–water partition coefficient (Wildman–Crippen LogP) is 4.70. The first-order valence-electron chi connectivity index (χ1n) is 9.48. The SMILES string of the molecule is c1ccc(COc2ccc(CNCCOC3CCCCC3)cc2)cc1. The van der Waals surface area contributed by atoms with Gasteiger partial charge in [0.15, 0.2) is 0 Å². The van der Waals surface area contributed by atoms with Gasteiger partial charge in [-0.15, -0.1) is 0 Å². The topological polar surface area (TPSA) is 30.5 Å². The van der Waals surface area contributed by atoms with Crippen molar-refractivity contribution in [1.82, 2.24) is 5.32 Å². The maximum absolute atomic E-state index is 5.93. The van der Waals surface area contributed by atoms with Crippen LogP contribution in [-0.2, 0) is 17.9 Å². The van der Waals surface area contributed by atoms with Gasteiger partial charge in [0.2, 0.25) is 0 Å². The quantitative estimate of drug-likeness (QED) is 0.672. The number of hydrogen-bond donors (Lipinski definition) is 1. The van der Waals surface area contributed by atoms with Crippen LogP contribution < -0.4 is 10.1 Å². The van der Waals surface area contributed by atoms with Gasteiger partial charge in [-0.1, -0.05) is 61.7 Å². The van der Waals surface area contributed by atoms with Gasteiger partial charge in [-0.25, -0.2) is 0 Å². The molecule has 0 saturated heterocycles. The van der Waals surface area contributed by atoms with E-state index in [2.05, 4.69) is 29.6 Å². The molecule has 0 spiro atoms. The van der Waals surface area contributed by atoms with Gasteiger partial charge in [0.1, 0.15) is 12.4 Å². The van der Waals surface area contributed by atoms with E-state index < -0.39 is 0 Å². The molecule has 1 aliphatic rings. The molecule has 3 nitrogen and oxygen atoms in total. The Bertz CT molecular complexity index is 591. The second-order valence-electron chi connectivity index (χ2n) is 6.73. The summed E-state index contributed by atoms with van der Waals surface area (Å²) in [5, 5.41) is 3.45. The first-order valence-corrected chi connectivity index (χ1v) is 9.48. The van der Waals surface area contributed by atoms with Crippen LogP contribution in [0, 0.1) is 0 Å². The Hall–Kier alpha value is -1.84. The van der Waals surface area contributed by atoms with Crippen molar-refractivity contribution in [3.63, 3.8) is 0 Å². The minimum Gasteiger partial charge on any atom is -0.489 e. The largest absolute Gasteiger partial charge is 0.489 e. The van der Waals surface area contributed by atoms with Gasteiger partial charge in [-0.05, 0) is 36.1 Å². The number of hydrogen-bond acceptors (Lipinski definition) is 3. The first kappa shape index (κ1) is 18.0. The fourth-order valence-electron chi connectivity index (χ4n) is 3.21. The van der Waals surface area contributed by atoms with E-state index in [1.807, 2.05) is 30.3 Å². The molecule has 25 heavy (non-hydrogen) atoms. The smallest absolute Gasteiger partial charge is 0.119 e. The number of benzene rings is 2. The zero-order valence-electron chi connectivity index (χ0n) is 15.0. The molecule has 0 amide bonds. The second-order valence-corrected chi connectivity index (χ2v) is 6.73. The summed E-state index contributed by atoms with van der Waals surface area (Å²) in [6.45, 7) is 3.19. The average Bonchev–Trinajstić information content (AvgIpc) is 2.69. The van der Waals surface area contributed by atoms with Crippen molar-refractivity contribution in [3.8, 4) is 5.75 Å². The molecule has 1 fully saturated rings. The lowest BCUT2D eigenvalue weighted by Gasteiger charge is -2.22. The van der Waals surface area contributed by atoms with Gasteiger partial charge in [0.25, 0.3) is 0 Å². The van der Waals surface area contributed by atoms with Crippen molar-refractivity contribution >= 4 is 0 Å². The zero-order chi connectivity index (χ0) is 17.2. The highest BCUT2D eigenvalue weighted by Gasteiger charge is 2.12. The summed E-state index contributed by atoms with van der Waals surface area (Å²) in [6.07, 6.45) is 7.02. The Kier molecular flexibility index (Phi) is 7.34. The lowest BCUT2D eigenvalue weighted by Crippen LogP contribution is -2.24. The molecule has 0 radical (unpaired) electrons. The lowest BCUT2D eigenvalue weighted by atomic mass is 9.98. The highest BCUT2D eigenvalue weighted by Crippen LogP contribution is 2.20. The first-order chi connectivity index (χ1) is 12.4. The molecule has 0 aromatic heterocycles. The molecule has 0 atom stereocenters. The molecular formula is C22H29NO2. The summed E-state index contributed by atoms with van der Waals surface area (Å²) in [7, 11) is 0. The molecule has 3 rings (SSSR count). The van der Waals surface area contributed by atoms with Crippen LogP contribution in [0.2, 0.25) is 0 Å². The standard InChI is InChI=1S/C22H29NO2/c1-3-7-20(8-4-1)18-25-22-13-11-19(12-14-22)17-23-15-16-24-21-9-5-2-6-10-21/h1,3-4,7-8,11-14,21,23H,2,5-6,9-10,15-18H2. The van der Waals surface area contributed by atoms with E-state index in [4.69, 9.17) is 9.47 Å². The Morgan fingerprint density at radius 1 is 0.840 bits per heavy atom. The highest BCUT2D eigenvalue weighted by atomic mass is 16.5. The fourth-order valence-corrected chi connectivity index (χ4v) is 3.21. The minimum absolute atomic E-state index is 0.497. The van der Waals surface area contributed by atoms with E-state index in [9.17, 15) is 0 Å². The van der Waals surface area contributed by atoms with E-state index in [0.717, 1.165) is 25.4 Å². The van der Waals surface area contributed by atoms with Crippen LogP contribution in [0.25, 0.3) is 0 Å². The Labute approximate surface area is 151 Å². The van der Waals surface area contributed by atoms with Crippen LogP contribution in [0.4, 0.5) is 0 Å². The zero-order valence-corrected chi connectivity index (χ0v) is 15.0. The molecule has 1 N–H and O–H groups in total. The van der Waals surface area contributed by atoms with Crippen molar-refractivity contribution in [2.75, 3.05) is 13.2 Å². The van der Waals surface area contributed by atoms with Crippen molar-refractivity contribution in [2.24, 2.45) is 0 Å². The van der Waals surface area contributed by atoms with Crippen molar-refractivity contribution < 1.29 is 9.47 Å². The van der Waals surface area contributed by atoms with Gasteiger partial charge in [0, 0.05) is 13.1 Å². The summed E-state index contributed by atoms with van der Waals surface area (Å²) in [4.78, 5) is 0. The van der Waals surface area contributed by atoms with Crippen molar-refractivity contribution in [1.29, 1.82) is 0 Å². The maximum atomic E-state index is 5.93.